The molecule has 3 aromatic rings. The molecule has 0 aromatic heterocycles. The van der Waals surface area contributed by atoms with Crippen molar-refractivity contribution in [2.24, 2.45) is 0 Å². The average Bonchev–Trinajstić information content (AvgIpc) is 2.82. The van der Waals surface area contributed by atoms with E-state index in [2.05, 4.69) is 29.6 Å². The van der Waals surface area contributed by atoms with Crippen LogP contribution in [0, 0.1) is 0 Å². The molecule has 0 aliphatic heterocycles. The molecule has 0 spiro atoms. The lowest BCUT2D eigenvalue weighted by atomic mass is 9.85. The Hall–Kier alpha value is -2.64. The molecule has 0 atom stereocenters. The molecule has 36 heavy (non-hydrogen) atoms. The van der Waals surface area contributed by atoms with Crippen LogP contribution in [0.4, 0.5) is 5.69 Å². The number of halogens is 2. The highest BCUT2D eigenvalue weighted by Crippen LogP contribution is 2.43. The number of benzene rings is 3. The molecular weight excluding hydrogens is 511 g/mol. The third kappa shape index (κ3) is 6.76. The summed E-state index contributed by atoms with van der Waals surface area (Å²) in [5.41, 5.74) is 1.63. The second-order valence-electron chi connectivity index (χ2n) is 9.52. The summed E-state index contributed by atoms with van der Waals surface area (Å²) in [5.74, 6) is -0.581. The summed E-state index contributed by atoms with van der Waals surface area (Å²) in [5, 5.41) is 5.69. The van der Waals surface area contributed by atoms with Crippen molar-refractivity contribution >= 4 is 60.1 Å². The van der Waals surface area contributed by atoms with Crippen molar-refractivity contribution in [3.63, 3.8) is 0 Å². The lowest BCUT2D eigenvalue weighted by molar-refractivity contribution is -0.123. The van der Waals surface area contributed by atoms with Crippen LogP contribution in [0.5, 0.6) is 0 Å². The van der Waals surface area contributed by atoms with Gasteiger partial charge in [0.25, 0.3) is 9.04 Å². The van der Waals surface area contributed by atoms with E-state index in [0.29, 0.717) is 21.3 Å². The first-order valence-electron chi connectivity index (χ1n) is 11.6. The number of hydrogen-bond donors (Lipinski definition) is 1. The molecule has 0 aliphatic rings. The molecule has 0 saturated heterocycles. The Kier molecular flexibility index (Phi) is 9.36. The van der Waals surface area contributed by atoms with Crippen molar-refractivity contribution in [1.29, 1.82) is 0 Å². The highest BCUT2D eigenvalue weighted by molar-refractivity contribution is 6.80. The minimum atomic E-state index is -1.59. The number of carbonyl (C=O) groups is 2. The van der Waals surface area contributed by atoms with Gasteiger partial charge in [-0.25, -0.2) is 0 Å². The van der Waals surface area contributed by atoms with Crippen LogP contribution < -0.4 is 20.6 Å². The fourth-order valence-corrected chi connectivity index (χ4v) is 7.07. The molecule has 189 valence electrons. The summed E-state index contributed by atoms with van der Waals surface area (Å²) in [6.45, 7) is 7.49. The Morgan fingerprint density at radius 3 is 1.97 bits per heavy atom. The van der Waals surface area contributed by atoms with Gasteiger partial charge in [0, 0.05) is 24.6 Å². The Morgan fingerprint density at radius 1 is 0.972 bits per heavy atom. The van der Waals surface area contributed by atoms with E-state index in [0.717, 1.165) is 15.9 Å². The van der Waals surface area contributed by atoms with E-state index in [1.54, 1.807) is 7.05 Å². The van der Waals surface area contributed by atoms with Crippen LogP contribution in [0.1, 0.15) is 38.8 Å². The van der Waals surface area contributed by atoms with Crippen LogP contribution in [0.15, 0.2) is 66.7 Å². The maximum atomic E-state index is 13.0. The van der Waals surface area contributed by atoms with E-state index >= 15 is 0 Å². The molecule has 1 N–H and O–H groups in total. The van der Waals surface area contributed by atoms with Crippen LogP contribution in [0.3, 0.4) is 0 Å². The Labute approximate surface area is 225 Å². The molecule has 8 heteroatoms. The van der Waals surface area contributed by atoms with Gasteiger partial charge in [0.05, 0.1) is 23.9 Å². The van der Waals surface area contributed by atoms with Crippen LogP contribution >= 0.6 is 23.2 Å². The minimum absolute atomic E-state index is 0.140. The smallest absolute Gasteiger partial charge is 0.283 e. The molecule has 0 heterocycles. The van der Waals surface area contributed by atoms with Gasteiger partial charge in [-0.2, -0.15) is 0 Å². The van der Waals surface area contributed by atoms with Crippen molar-refractivity contribution in [1.82, 2.24) is 5.32 Å². The number of hydrogen-bond acceptors (Lipinski definition) is 3. The largest absolute Gasteiger partial charge is 0.403 e. The number of nitrogens with zero attached hydrogens (tertiary/aromatic N) is 1. The molecule has 5 nitrogen and oxygen atoms in total. The van der Waals surface area contributed by atoms with Gasteiger partial charge in [-0.1, -0.05) is 105 Å². The first kappa shape index (κ1) is 27.9. The molecule has 3 aromatic carbocycles. The third-order valence-corrected chi connectivity index (χ3v) is 8.48. The summed E-state index contributed by atoms with van der Waals surface area (Å²) in [4.78, 5) is 25.8. The maximum Gasteiger partial charge on any atom is 0.283 e. The van der Waals surface area contributed by atoms with Gasteiger partial charge in [0.15, 0.2) is 0 Å². The molecule has 0 bridgehead atoms. The van der Waals surface area contributed by atoms with Crippen molar-refractivity contribution in [3.05, 3.63) is 87.9 Å². The average molecular weight is 543 g/mol. The number of amides is 2. The highest BCUT2D eigenvalue weighted by Gasteiger charge is 2.29. The molecule has 0 saturated carbocycles. The zero-order valence-electron chi connectivity index (χ0n) is 21.2. The van der Waals surface area contributed by atoms with E-state index in [-0.39, 0.29) is 30.4 Å². The standard InChI is InChI=1S/C28H31Cl2N2O3Si/c1-19(33)31-17-24(34)32(5)27-20(16-23(29)25(26(27)30)28(2,3)4)18-35-36(21-12-8-6-9-13-21)22-14-10-7-11-15-22/h6-16H,17-18H2,1-5H3,(H,31,33). The molecule has 0 fully saturated rings. The van der Waals surface area contributed by atoms with Crippen LogP contribution in [0.25, 0.3) is 0 Å². The third-order valence-electron chi connectivity index (χ3n) is 5.66. The molecular formula is C28H31Cl2N2O3Si. The second kappa shape index (κ2) is 12.1. The Bertz CT molecular complexity index is 1180. The second-order valence-corrected chi connectivity index (χ2v) is 12.4. The van der Waals surface area contributed by atoms with Crippen molar-refractivity contribution < 1.29 is 14.0 Å². The lowest BCUT2D eigenvalue weighted by Crippen LogP contribution is -2.45. The predicted molar refractivity (Wildman–Crippen MR) is 150 cm³/mol. The van der Waals surface area contributed by atoms with Gasteiger partial charge < -0.3 is 14.6 Å². The Morgan fingerprint density at radius 2 is 1.50 bits per heavy atom. The van der Waals surface area contributed by atoms with E-state index in [1.807, 2.05) is 63.2 Å². The summed E-state index contributed by atoms with van der Waals surface area (Å²) in [6, 6.07) is 22.0. The summed E-state index contributed by atoms with van der Waals surface area (Å²) in [6.07, 6.45) is 0. The van der Waals surface area contributed by atoms with Crippen molar-refractivity contribution in [2.75, 3.05) is 18.5 Å². The van der Waals surface area contributed by atoms with Gasteiger partial charge in [0.1, 0.15) is 0 Å². The fraction of sp³-hybridized carbons (Fsp3) is 0.286. The normalized spacial score (nSPS) is 11.4. The van der Waals surface area contributed by atoms with Gasteiger partial charge in [-0.3, -0.25) is 9.59 Å². The Balaban J connectivity index is 2.04. The van der Waals surface area contributed by atoms with Gasteiger partial charge in [-0.05, 0) is 27.4 Å². The first-order chi connectivity index (χ1) is 17.0. The van der Waals surface area contributed by atoms with Crippen LogP contribution in [0.2, 0.25) is 10.0 Å². The topological polar surface area (TPSA) is 58.6 Å². The predicted octanol–water partition coefficient (Wildman–Crippen LogP) is 4.71. The van der Waals surface area contributed by atoms with Crippen LogP contribution in [-0.4, -0.2) is 34.4 Å². The molecule has 2 amide bonds. The summed E-state index contributed by atoms with van der Waals surface area (Å²) >= 11 is 13.7. The van der Waals surface area contributed by atoms with E-state index in [9.17, 15) is 9.59 Å². The number of rotatable bonds is 8. The zero-order valence-corrected chi connectivity index (χ0v) is 23.7. The number of nitrogens with one attached hydrogen (secondary N) is 1. The quantitative estimate of drug-likeness (QED) is 0.420. The fourth-order valence-electron chi connectivity index (χ4n) is 3.92. The molecule has 0 unspecified atom stereocenters. The summed E-state index contributed by atoms with van der Waals surface area (Å²) in [7, 11) is 0.0580. The zero-order chi connectivity index (χ0) is 26.5. The molecule has 3 rings (SSSR count). The number of likely N-dealkylation sites (N-methyl/N-ethyl adjacent to an activating group) is 1. The first-order valence-corrected chi connectivity index (χ1v) is 13.8. The summed E-state index contributed by atoms with van der Waals surface area (Å²) < 4.78 is 6.58. The number of carbonyl (C=O) groups excluding carboxylic acids is 2. The van der Waals surface area contributed by atoms with E-state index in [4.69, 9.17) is 27.6 Å². The van der Waals surface area contributed by atoms with Gasteiger partial charge in [-0.15, -0.1) is 0 Å². The molecule has 1 radical (unpaired) electrons. The molecule has 0 aliphatic carbocycles. The SMILES string of the molecule is CC(=O)NCC(=O)N(C)c1c(CO[Si](c2ccccc2)c2ccccc2)cc(Cl)c(C(C)(C)C)c1Cl. The van der Waals surface area contributed by atoms with Gasteiger partial charge in [0.2, 0.25) is 11.8 Å². The van der Waals surface area contributed by atoms with Gasteiger partial charge >= 0.3 is 0 Å². The van der Waals surface area contributed by atoms with E-state index < -0.39 is 9.04 Å². The minimum Gasteiger partial charge on any atom is -0.403 e. The maximum absolute atomic E-state index is 13.0. The van der Waals surface area contributed by atoms with Crippen molar-refractivity contribution in [2.45, 2.75) is 39.7 Å². The monoisotopic (exact) mass is 541 g/mol. The van der Waals surface area contributed by atoms with E-state index in [1.165, 1.54) is 11.8 Å². The lowest BCUT2D eigenvalue weighted by Gasteiger charge is -2.29. The highest BCUT2D eigenvalue weighted by atomic mass is 35.5. The number of anilines is 1. The van der Waals surface area contributed by atoms with Crippen molar-refractivity contribution in [3.8, 4) is 0 Å². The van der Waals surface area contributed by atoms with Crippen LogP contribution in [-0.2, 0) is 26.0 Å².